The summed E-state index contributed by atoms with van der Waals surface area (Å²) >= 11 is 0. The number of aromatic amines is 1. The molecule has 1 aliphatic rings. The van der Waals surface area contributed by atoms with Gasteiger partial charge < -0.3 is 37.1 Å². The summed E-state index contributed by atoms with van der Waals surface area (Å²) < 4.78 is 0. The molecule has 0 aliphatic carbocycles. The van der Waals surface area contributed by atoms with Gasteiger partial charge in [-0.1, -0.05) is 13.8 Å². The fourth-order valence-corrected chi connectivity index (χ4v) is 3.88. The number of nitrogens with one attached hydrogen (secondary N) is 3. The average molecular weight is 480 g/mol. The van der Waals surface area contributed by atoms with Gasteiger partial charge in [-0.25, -0.2) is 9.78 Å². The summed E-state index contributed by atoms with van der Waals surface area (Å²) in [5.41, 5.74) is 11.8. The number of imidazole rings is 1. The summed E-state index contributed by atoms with van der Waals surface area (Å²) in [5.74, 6) is -3.88. The van der Waals surface area contributed by atoms with E-state index >= 15 is 0 Å². The third-order valence-electron chi connectivity index (χ3n) is 5.51. The number of carboxylic acid groups (broad SMARTS) is 1. The maximum absolute atomic E-state index is 13.1. The van der Waals surface area contributed by atoms with Crippen molar-refractivity contribution in [3.63, 3.8) is 0 Å². The summed E-state index contributed by atoms with van der Waals surface area (Å²) in [4.78, 5) is 69.7. The van der Waals surface area contributed by atoms with E-state index in [-0.39, 0.29) is 25.3 Å². The van der Waals surface area contributed by atoms with Gasteiger partial charge in [-0.2, -0.15) is 0 Å². The first kappa shape index (κ1) is 26.8. The number of nitrogens with two attached hydrogens (primary N) is 2. The summed E-state index contributed by atoms with van der Waals surface area (Å²) in [6.45, 7) is 3.99. The molecular weight excluding hydrogens is 446 g/mol. The molecule has 1 aromatic heterocycles. The van der Waals surface area contributed by atoms with Crippen LogP contribution in [0.15, 0.2) is 12.5 Å². The van der Waals surface area contributed by atoms with Crippen molar-refractivity contribution >= 4 is 29.6 Å². The second kappa shape index (κ2) is 12.1. The lowest BCUT2D eigenvalue weighted by atomic mass is 10.0. The minimum Gasteiger partial charge on any atom is -0.480 e. The molecule has 1 saturated heterocycles. The van der Waals surface area contributed by atoms with Gasteiger partial charge in [0.1, 0.15) is 18.1 Å². The molecule has 0 aromatic carbocycles. The Hall–Kier alpha value is -3.48. The fourth-order valence-electron chi connectivity index (χ4n) is 3.88. The van der Waals surface area contributed by atoms with E-state index in [1.165, 1.54) is 12.5 Å². The fraction of sp³-hybridized carbons (Fsp3) is 0.619. The molecule has 1 fully saturated rings. The number of carbonyl (C=O) groups is 5. The minimum absolute atomic E-state index is 0.0188. The van der Waals surface area contributed by atoms with Crippen LogP contribution in [0.25, 0.3) is 0 Å². The molecule has 0 radical (unpaired) electrons. The Bertz CT molecular complexity index is 888. The summed E-state index contributed by atoms with van der Waals surface area (Å²) in [6, 6.07) is -4.41. The molecule has 8 N–H and O–H groups in total. The second-order valence-corrected chi connectivity index (χ2v) is 8.84. The molecule has 13 heteroatoms. The van der Waals surface area contributed by atoms with Gasteiger partial charge in [0.05, 0.1) is 18.8 Å². The lowest BCUT2D eigenvalue weighted by Crippen LogP contribution is -2.58. The number of hydrogen-bond donors (Lipinski definition) is 6. The van der Waals surface area contributed by atoms with Crippen LogP contribution in [-0.2, 0) is 30.4 Å². The molecule has 2 heterocycles. The SMILES string of the molecule is CC(C)CC(N)C(=O)NC(Cc1cnc[nH]1)C(=O)NC(CC(N)=O)C(=O)N1CCCC1C(=O)O. The molecule has 0 spiro atoms. The van der Waals surface area contributed by atoms with Crippen molar-refractivity contribution < 1.29 is 29.1 Å². The Kier molecular flexibility index (Phi) is 9.54. The molecular formula is C21H33N7O6. The van der Waals surface area contributed by atoms with E-state index in [0.717, 1.165) is 4.90 Å². The number of carboxylic acids is 1. The van der Waals surface area contributed by atoms with Crippen LogP contribution < -0.4 is 22.1 Å². The summed E-state index contributed by atoms with van der Waals surface area (Å²) in [7, 11) is 0. The van der Waals surface area contributed by atoms with Gasteiger partial charge in [0.25, 0.3) is 0 Å². The van der Waals surface area contributed by atoms with Crippen LogP contribution in [0.5, 0.6) is 0 Å². The van der Waals surface area contributed by atoms with Crippen LogP contribution in [-0.4, -0.2) is 80.3 Å². The third-order valence-corrected chi connectivity index (χ3v) is 5.51. The van der Waals surface area contributed by atoms with Crippen molar-refractivity contribution in [2.75, 3.05) is 6.54 Å². The third kappa shape index (κ3) is 7.54. The first-order valence-electron chi connectivity index (χ1n) is 11.1. The Labute approximate surface area is 197 Å². The molecule has 4 atom stereocenters. The topological polar surface area (TPSA) is 214 Å². The Morgan fingerprint density at radius 1 is 1.21 bits per heavy atom. The number of aliphatic carboxylic acids is 1. The van der Waals surface area contributed by atoms with Gasteiger partial charge in [0.2, 0.25) is 23.6 Å². The number of primary amides is 1. The molecule has 4 unspecified atom stereocenters. The van der Waals surface area contributed by atoms with Gasteiger partial charge in [-0.05, 0) is 25.2 Å². The molecule has 1 aliphatic heterocycles. The predicted octanol–water partition coefficient (Wildman–Crippen LogP) is -1.75. The minimum atomic E-state index is -1.38. The van der Waals surface area contributed by atoms with Crippen LogP contribution in [0.4, 0.5) is 0 Å². The normalized spacial score (nSPS) is 18.2. The largest absolute Gasteiger partial charge is 0.480 e. The van der Waals surface area contributed by atoms with Crippen molar-refractivity contribution in [1.29, 1.82) is 0 Å². The van der Waals surface area contributed by atoms with E-state index in [1.54, 1.807) is 0 Å². The standard InChI is InChI=1S/C21H33N7O6/c1-11(2)6-13(22)18(30)26-14(7-12-9-24-10-25-12)19(31)27-15(8-17(23)29)20(32)28-5-3-4-16(28)21(33)34/h9-11,13-16H,3-8,22H2,1-2H3,(H2,23,29)(H,24,25)(H,26,30)(H,27,31)(H,33,34). The van der Waals surface area contributed by atoms with Crippen molar-refractivity contribution in [3.05, 3.63) is 18.2 Å². The molecule has 0 bridgehead atoms. The first-order chi connectivity index (χ1) is 16.0. The van der Waals surface area contributed by atoms with E-state index in [2.05, 4.69) is 20.6 Å². The predicted molar refractivity (Wildman–Crippen MR) is 120 cm³/mol. The van der Waals surface area contributed by atoms with E-state index in [9.17, 15) is 29.1 Å². The van der Waals surface area contributed by atoms with E-state index < -0.39 is 60.2 Å². The smallest absolute Gasteiger partial charge is 0.326 e. The number of amides is 4. The number of hydrogen-bond acceptors (Lipinski definition) is 7. The van der Waals surface area contributed by atoms with Crippen LogP contribution in [0, 0.1) is 5.92 Å². The maximum Gasteiger partial charge on any atom is 0.326 e. The zero-order valence-corrected chi connectivity index (χ0v) is 19.3. The highest BCUT2D eigenvalue weighted by Crippen LogP contribution is 2.19. The molecule has 188 valence electrons. The van der Waals surface area contributed by atoms with Crippen molar-refractivity contribution in [2.24, 2.45) is 17.4 Å². The molecule has 34 heavy (non-hydrogen) atoms. The van der Waals surface area contributed by atoms with Gasteiger partial charge in [0, 0.05) is 24.9 Å². The number of rotatable bonds is 12. The first-order valence-corrected chi connectivity index (χ1v) is 11.1. The van der Waals surface area contributed by atoms with Gasteiger partial charge in [-0.3, -0.25) is 19.2 Å². The number of aromatic nitrogens is 2. The molecule has 0 saturated carbocycles. The maximum atomic E-state index is 13.1. The number of carbonyl (C=O) groups excluding carboxylic acids is 4. The summed E-state index contributed by atoms with van der Waals surface area (Å²) in [5, 5.41) is 14.4. The number of H-pyrrole nitrogens is 1. The highest BCUT2D eigenvalue weighted by molar-refractivity contribution is 5.96. The zero-order chi connectivity index (χ0) is 25.4. The van der Waals surface area contributed by atoms with Crippen molar-refractivity contribution in [1.82, 2.24) is 25.5 Å². The van der Waals surface area contributed by atoms with E-state index in [4.69, 9.17) is 11.5 Å². The Balaban J connectivity index is 2.20. The van der Waals surface area contributed by atoms with Gasteiger partial charge >= 0.3 is 5.97 Å². The Morgan fingerprint density at radius 3 is 2.44 bits per heavy atom. The molecule has 2 rings (SSSR count). The molecule has 13 nitrogen and oxygen atoms in total. The lowest BCUT2D eigenvalue weighted by Gasteiger charge is -2.28. The zero-order valence-electron chi connectivity index (χ0n) is 19.3. The quantitative estimate of drug-likeness (QED) is 0.202. The van der Waals surface area contributed by atoms with Crippen LogP contribution >= 0.6 is 0 Å². The highest BCUT2D eigenvalue weighted by Gasteiger charge is 2.39. The van der Waals surface area contributed by atoms with Crippen LogP contribution in [0.2, 0.25) is 0 Å². The van der Waals surface area contributed by atoms with Crippen molar-refractivity contribution in [2.45, 2.75) is 70.1 Å². The van der Waals surface area contributed by atoms with E-state index in [1.807, 2.05) is 13.8 Å². The number of likely N-dealkylation sites (tertiary alicyclic amines) is 1. The Morgan fingerprint density at radius 2 is 1.88 bits per heavy atom. The van der Waals surface area contributed by atoms with Crippen LogP contribution in [0.3, 0.4) is 0 Å². The van der Waals surface area contributed by atoms with Crippen LogP contribution in [0.1, 0.15) is 45.2 Å². The average Bonchev–Trinajstić information content (AvgIpc) is 3.43. The monoisotopic (exact) mass is 479 g/mol. The van der Waals surface area contributed by atoms with Gasteiger partial charge in [-0.15, -0.1) is 0 Å². The van der Waals surface area contributed by atoms with Gasteiger partial charge in [0.15, 0.2) is 0 Å². The molecule has 4 amide bonds. The summed E-state index contributed by atoms with van der Waals surface area (Å²) in [6.07, 6.45) is 3.54. The lowest BCUT2D eigenvalue weighted by molar-refractivity contribution is -0.149. The van der Waals surface area contributed by atoms with Crippen molar-refractivity contribution in [3.8, 4) is 0 Å². The number of nitrogens with zero attached hydrogens (tertiary/aromatic N) is 2. The van der Waals surface area contributed by atoms with E-state index in [0.29, 0.717) is 18.5 Å². The second-order valence-electron chi connectivity index (χ2n) is 8.84. The molecule has 1 aromatic rings. The highest BCUT2D eigenvalue weighted by atomic mass is 16.4.